The van der Waals surface area contributed by atoms with E-state index in [2.05, 4.69) is 4.98 Å². The molecule has 0 aromatic carbocycles. The molecule has 0 fully saturated rings. The number of likely N-dealkylation sites (N-methyl/N-ethyl adjacent to an activating group) is 1. The Balaban J connectivity index is 2.97. The van der Waals surface area contributed by atoms with Crippen molar-refractivity contribution in [2.75, 3.05) is 32.6 Å². The summed E-state index contributed by atoms with van der Waals surface area (Å²) >= 11 is 0. The summed E-state index contributed by atoms with van der Waals surface area (Å²) < 4.78 is 0. The van der Waals surface area contributed by atoms with Crippen molar-refractivity contribution in [2.24, 2.45) is 5.73 Å². The highest BCUT2D eigenvalue weighted by Gasteiger charge is 2.13. The van der Waals surface area contributed by atoms with Gasteiger partial charge in [0.1, 0.15) is 5.69 Å². The first-order chi connectivity index (χ1) is 7.97. The number of pyridine rings is 1. The second kappa shape index (κ2) is 5.63. The molecule has 5 heteroatoms. The van der Waals surface area contributed by atoms with Crippen LogP contribution in [0.5, 0.6) is 0 Å². The Kier molecular flexibility index (Phi) is 4.45. The number of carbonyl (C=O) groups excluding carboxylic acids is 1. The third-order valence-electron chi connectivity index (χ3n) is 2.78. The van der Waals surface area contributed by atoms with E-state index < -0.39 is 0 Å². The standard InChI is InChI=1S/C12H20N4O/c1-9(8-13)16(4)10-5-6-14-11(7-10)12(17)15(2)3/h5-7,9H,8,13H2,1-4H3. The third kappa shape index (κ3) is 3.17. The summed E-state index contributed by atoms with van der Waals surface area (Å²) in [7, 11) is 5.38. The smallest absolute Gasteiger partial charge is 0.272 e. The van der Waals surface area contributed by atoms with Crippen LogP contribution in [0.2, 0.25) is 0 Å². The molecule has 94 valence electrons. The summed E-state index contributed by atoms with van der Waals surface area (Å²) in [6.07, 6.45) is 1.64. The number of nitrogens with zero attached hydrogens (tertiary/aromatic N) is 3. The van der Waals surface area contributed by atoms with E-state index in [1.807, 2.05) is 24.9 Å². The Hall–Kier alpha value is -1.62. The van der Waals surface area contributed by atoms with Crippen LogP contribution in [0.15, 0.2) is 18.3 Å². The lowest BCUT2D eigenvalue weighted by molar-refractivity contribution is 0.0822. The summed E-state index contributed by atoms with van der Waals surface area (Å²) in [4.78, 5) is 19.4. The highest BCUT2D eigenvalue weighted by molar-refractivity contribution is 5.92. The maximum absolute atomic E-state index is 11.8. The van der Waals surface area contributed by atoms with Gasteiger partial charge in [-0.3, -0.25) is 9.78 Å². The van der Waals surface area contributed by atoms with Crippen molar-refractivity contribution in [3.8, 4) is 0 Å². The van der Waals surface area contributed by atoms with Crippen molar-refractivity contribution < 1.29 is 4.79 Å². The topological polar surface area (TPSA) is 62.5 Å². The molecular weight excluding hydrogens is 216 g/mol. The van der Waals surface area contributed by atoms with Gasteiger partial charge >= 0.3 is 0 Å². The second-order valence-corrected chi connectivity index (χ2v) is 4.29. The summed E-state index contributed by atoms with van der Waals surface area (Å²) in [5.74, 6) is -0.0966. The molecule has 1 amide bonds. The van der Waals surface area contributed by atoms with E-state index in [0.717, 1.165) is 5.69 Å². The van der Waals surface area contributed by atoms with E-state index in [0.29, 0.717) is 12.2 Å². The van der Waals surface area contributed by atoms with Gasteiger partial charge in [-0.25, -0.2) is 0 Å². The van der Waals surface area contributed by atoms with Crippen molar-refractivity contribution >= 4 is 11.6 Å². The van der Waals surface area contributed by atoms with Crippen LogP contribution in [0.4, 0.5) is 5.69 Å². The van der Waals surface area contributed by atoms with E-state index in [9.17, 15) is 4.79 Å². The number of amides is 1. The molecule has 0 saturated carbocycles. The molecule has 2 N–H and O–H groups in total. The minimum atomic E-state index is -0.0966. The minimum Gasteiger partial charge on any atom is -0.371 e. The Morgan fingerprint density at radius 1 is 1.47 bits per heavy atom. The molecule has 0 saturated heterocycles. The van der Waals surface area contributed by atoms with E-state index >= 15 is 0 Å². The number of aromatic nitrogens is 1. The fourth-order valence-electron chi connectivity index (χ4n) is 1.40. The first-order valence-electron chi connectivity index (χ1n) is 5.58. The van der Waals surface area contributed by atoms with Crippen LogP contribution in [-0.2, 0) is 0 Å². The predicted molar refractivity (Wildman–Crippen MR) is 69.2 cm³/mol. The van der Waals surface area contributed by atoms with E-state index in [1.165, 1.54) is 4.90 Å². The Morgan fingerprint density at radius 2 is 2.12 bits per heavy atom. The SMILES string of the molecule is CC(CN)N(C)c1ccnc(C(=O)N(C)C)c1. The van der Waals surface area contributed by atoms with Gasteiger partial charge in [0, 0.05) is 45.6 Å². The molecule has 0 spiro atoms. The number of hydrogen-bond acceptors (Lipinski definition) is 4. The Morgan fingerprint density at radius 3 is 2.65 bits per heavy atom. The molecule has 0 aliphatic carbocycles. The molecule has 0 aliphatic rings. The van der Waals surface area contributed by atoms with Crippen molar-refractivity contribution in [3.05, 3.63) is 24.0 Å². The summed E-state index contributed by atoms with van der Waals surface area (Å²) in [6.45, 7) is 2.60. The molecular formula is C12H20N4O. The van der Waals surface area contributed by atoms with Crippen LogP contribution in [-0.4, -0.2) is 49.5 Å². The van der Waals surface area contributed by atoms with Gasteiger partial charge in [-0.2, -0.15) is 0 Å². The monoisotopic (exact) mass is 236 g/mol. The Bertz CT molecular complexity index is 392. The zero-order valence-electron chi connectivity index (χ0n) is 10.8. The molecule has 5 nitrogen and oxygen atoms in total. The minimum absolute atomic E-state index is 0.0966. The predicted octanol–water partition coefficient (Wildman–Crippen LogP) is 0.567. The average Bonchev–Trinajstić information content (AvgIpc) is 2.35. The molecule has 17 heavy (non-hydrogen) atoms. The van der Waals surface area contributed by atoms with Gasteiger partial charge in [0.2, 0.25) is 0 Å². The number of rotatable bonds is 4. The molecule has 1 unspecified atom stereocenters. The maximum atomic E-state index is 11.8. The molecule has 0 aliphatic heterocycles. The normalized spacial score (nSPS) is 12.1. The van der Waals surface area contributed by atoms with Crippen molar-refractivity contribution in [1.82, 2.24) is 9.88 Å². The number of hydrogen-bond donors (Lipinski definition) is 1. The van der Waals surface area contributed by atoms with Gasteiger partial charge in [-0.05, 0) is 19.1 Å². The van der Waals surface area contributed by atoms with Crippen LogP contribution >= 0.6 is 0 Å². The molecule has 0 radical (unpaired) electrons. The summed E-state index contributed by atoms with van der Waals surface area (Å²) in [6, 6.07) is 3.88. The fraction of sp³-hybridized carbons (Fsp3) is 0.500. The lowest BCUT2D eigenvalue weighted by atomic mass is 10.2. The first kappa shape index (κ1) is 13.4. The number of carbonyl (C=O) groups is 1. The van der Waals surface area contributed by atoms with E-state index in [-0.39, 0.29) is 11.9 Å². The molecule has 1 aromatic rings. The largest absolute Gasteiger partial charge is 0.371 e. The van der Waals surface area contributed by atoms with E-state index in [4.69, 9.17) is 5.73 Å². The zero-order chi connectivity index (χ0) is 13.0. The van der Waals surface area contributed by atoms with E-state index in [1.54, 1.807) is 26.4 Å². The van der Waals surface area contributed by atoms with Crippen LogP contribution in [0.3, 0.4) is 0 Å². The second-order valence-electron chi connectivity index (χ2n) is 4.29. The highest BCUT2D eigenvalue weighted by Crippen LogP contribution is 2.15. The quantitative estimate of drug-likeness (QED) is 0.830. The lowest BCUT2D eigenvalue weighted by Crippen LogP contribution is -2.35. The van der Waals surface area contributed by atoms with Gasteiger partial charge in [0.15, 0.2) is 0 Å². The summed E-state index contributed by atoms with van der Waals surface area (Å²) in [5, 5.41) is 0. The molecule has 1 aromatic heterocycles. The first-order valence-corrected chi connectivity index (χ1v) is 5.58. The number of anilines is 1. The third-order valence-corrected chi connectivity index (χ3v) is 2.78. The van der Waals surface area contributed by atoms with Gasteiger partial charge in [-0.15, -0.1) is 0 Å². The van der Waals surface area contributed by atoms with Gasteiger partial charge < -0.3 is 15.5 Å². The average molecular weight is 236 g/mol. The maximum Gasteiger partial charge on any atom is 0.272 e. The van der Waals surface area contributed by atoms with Crippen molar-refractivity contribution in [1.29, 1.82) is 0 Å². The van der Waals surface area contributed by atoms with Crippen molar-refractivity contribution in [2.45, 2.75) is 13.0 Å². The Labute approximate surface area is 102 Å². The van der Waals surface area contributed by atoms with Crippen LogP contribution < -0.4 is 10.6 Å². The number of nitrogens with two attached hydrogens (primary N) is 1. The fourth-order valence-corrected chi connectivity index (χ4v) is 1.40. The molecule has 0 bridgehead atoms. The van der Waals surface area contributed by atoms with Crippen LogP contribution in [0, 0.1) is 0 Å². The van der Waals surface area contributed by atoms with Crippen LogP contribution in [0.25, 0.3) is 0 Å². The molecule has 1 rings (SSSR count). The van der Waals surface area contributed by atoms with Crippen LogP contribution in [0.1, 0.15) is 17.4 Å². The van der Waals surface area contributed by atoms with Gasteiger partial charge in [0.25, 0.3) is 5.91 Å². The molecule has 1 heterocycles. The van der Waals surface area contributed by atoms with Gasteiger partial charge in [-0.1, -0.05) is 0 Å². The van der Waals surface area contributed by atoms with Gasteiger partial charge in [0.05, 0.1) is 0 Å². The summed E-state index contributed by atoms with van der Waals surface area (Å²) in [5.41, 5.74) is 7.02. The van der Waals surface area contributed by atoms with Crippen molar-refractivity contribution in [3.63, 3.8) is 0 Å². The lowest BCUT2D eigenvalue weighted by Gasteiger charge is -2.26. The zero-order valence-corrected chi connectivity index (χ0v) is 10.8. The molecule has 1 atom stereocenters. The highest BCUT2D eigenvalue weighted by atomic mass is 16.2.